The molecule has 0 aliphatic carbocycles. The Morgan fingerprint density at radius 2 is 1.27 bits per heavy atom. The van der Waals surface area contributed by atoms with Crippen LogP contribution in [0, 0.1) is 0 Å². The molecular weight excluding hydrogens is 504 g/mol. The van der Waals surface area contributed by atoms with Crippen LogP contribution in [-0.4, -0.2) is 9.55 Å². The average molecular weight is 537 g/mol. The summed E-state index contributed by atoms with van der Waals surface area (Å²) in [7, 11) is 0. The summed E-state index contributed by atoms with van der Waals surface area (Å²) in [6.07, 6.45) is 0. The first-order valence-corrected chi connectivity index (χ1v) is 15.0. The van der Waals surface area contributed by atoms with Crippen LogP contribution in [0.2, 0.25) is 0 Å². The summed E-state index contributed by atoms with van der Waals surface area (Å²) in [5.41, 5.74) is 9.86. The largest absolute Gasteiger partial charge is 0.292 e. The number of thiophene rings is 1. The number of nitrogens with zero attached hydrogens (tertiary/aromatic N) is 2. The van der Waals surface area contributed by atoms with E-state index in [9.17, 15) is 0 Å². The Hall–Kier alpha value is -4.21. The van der Waals surface area contributed by atoms with E-state index < -0.39 is 0 Å². The van der Waals surface area contributed by atoms with E-state index in [4.69, 9.17) is 4.98 Å². The van der Waals surface area contributed by atoms with Gasteiger partial charge in [-0.25, -0.2) is 4.98 Å². The van der Waals surface area contributed by atoms with Crippen molar-refractivity contribution in [3.8, 4) is 28.2 Å². The maximum atomic E-state index is 5.31. The van der Waals surface area contributed by atoms with Gasteiger partial charge in [0.2, 0.25) is 0 Å². The average Bonchev–Trinajstić information content (AvgIpc) is 3.56. The smallest absolute Gasteiger partial charge is 0.147 e. The van der Waals surface area contributed by atoms with Gasteiger partial charge in [0.05, 0.1) is 16.7 Å². The maximum Gasteiger partial charge on any atom is 0.147 e. The summed E-state index contributed by atoms with van der Waals surface area (Å²) >= 11 is 1.80. The molecule has 2 heterocycles. The highest BCUT2D eigenvalue weighted by Gasteiger charge is 2.24. The van der Waals surface area contributed by atoms with Gasteiger partial charge in [-0.05, 0) is 81.3 Å². The van der Waals surface area contributed by atoms with Gasteiger partial charge < -0.3 is 0 Å². The third-order valence-corrected chi connectivity index (χ3v) is 8.93. The number of aromatic nitrogens is 2. The van der Waals surface area contributed by atoms with Gasteiger partial charge in [-0.2, -0.15) is 0 Å². The van der Waals surface area contributed by atoms with Crippen molar-refractivity contribution in [2.24, 2.45) is 0 Å². The fraction of sp³-hybridized carbons (Fsp3) is 0.162. The summed E-state index contributed by atoms with van der Waals surface area (Å²) in [5, 5.41) is 6.09. The van der Waals surface area contributed by atoms with Crippen molar-refractivity contribution in [3.63, 3.8) is 0 Å². The number of imidazole rings is 1. The molecule has 5 aromatic carbocycles. The number of fused-ring (bicyclic) bond motifs is 3. The number of hydrogen-bond acceptors (Lipinski definition) is 2. The molecule has 0 spiro atoms. The van der Waals surface area contributed by atoms with Gasteiger partial charge in [-0.3, -0.25) is 4.57 Å². The van der Waals surface area contributed by atoms with E-state index in [0.717, 1.165) is 16.9 Å². The van der Waals surface area contributed by atoms with Crippen molar-refractivity contribution in [3.05, 3.63) is 120 Å². The van der Waals surface area contributed by atoms with E-state index in [1.54, 1.807) is 11.3 Å². The third-order valence-electron chi connectivity index (χ3n) is 7.99. The van der Waals surface area contributed by atoms with Crippen LogP contribution in [0.1, 0.15) is 50.7 Å². The van der Waals surface area contributed by atoms with Crippen molar-refractivity contribution in [2.45, 2.75) is 39.5 Å². The second-order valence-corrected chi connectivity index (χ2v) is 12.2. The molecule has 0 saturated heterocycles. The lowest BCUT2D eigenvalue weighted by Crippen LogP contribution is -2.09. The van der Waals surface area contributed by atoms with Crippen LogP contribution in [0.3, 0.4) is 0 Å². The van der Waals surface area contributed by atoms with Crippen molar-refractivity contribution >= 4 is 43.2 Å². The monoisotopic (exact) mass is 536 g/mol. The fourth-order valence-electron chi connectivity index (χ4n) is 5.94. The van der Waals surface area contributed by atoms with Crippen LogP contribution in [-0.2, 0) is 0 Å². The van der Waals surface area contributed by atoms with Crippen molar-refractivity contribution < 1.29 is 0 Å². The zero-order valence-electron chi connectivity index (χ0n) is 23.3. The van der Waals surface area contributed by atoms with E-state index in [1.165, 1.54) is 54.4 Å². The van der Waals surface area contributed by atoms with Crippen LogP contribution >= 0.6 is 11.3 Å². The molecule has 3 heteroatoms. The van der Waals surface area contributed by atoms with E-state index in [0.29, 0.717) is 11.8 Å². The van der Waals surface area contributed by atoms with Gasteiger partial charge >= 0.3 is 0 Å². The van der Waals surface area contributed by atoms with Crippen LogP contribution in [0.4, 0.5) is 0 Å². The molecule has 2 nitrogen and oxygen atoms in total. The van der Waals surface area contributed by atoms with Crippen molar-refractivity contribution in [1.29, 1.82) is 0 Å². The summed E-state index contributed by atoms with van der Waals surface area (Å²) in [6.45, 7) is 9.23. The van der Waals surface area contributed by atoms with Crippen LogP contribution in [0.15, 0.2) is 109 Å². The minimum absolute atomic E-state index is 0.341. The maximum absolute atomic E-state index is 5.31. The molecule has 0 bridgehead atoms. The number of benzene rings is 5. The Morgan fingerprint density at radius 3 is 1.98 bits per heavy atom. The second-order valence-electron chi connectivity index (χ2n) is 11.3. The van der Waals surface area contributed by atoms with Crippen molar-refractivity contribution in [1.82, 2.24) is 9.55 Å². The second kappa shape index (κ2) is 9.76. The Balaban J connectivity index is 1.57. The van der Waals surface area contributed by atoms with Crippen LogP contribution < -0.4 is 0 Å². The quantitative estimate of drug-likeness (QED) is 0.214. The van der Waals surface area contributed by atoms with Gasteiger partial charge in [-0.1, -0.05) is 94.4 Å². The van der Waals surface area contributed by atoms with Crippen molar-refractivity contribution in [2.75, 3.05) is 0 Å². The zero-order chi connectivity index (χ0) is 27.4. The molecule has 0 aliphatic heterocycles. The molecule has 2 aromatic heterocycles. The number of rotatable bonds is 5. The first kappa shape index (κ1) is 24.8. The Bertz CT molecular complexity index is 1980. The molecular formula is C37H32N2S. The molecule has 7 rings (SSSR count). The van der Waals surface area contributed by atoms with Gasteiger partial charge in [0.15, 0.2) is 0 Å². The minimum Gasteiger partial charge on any atom is -0.292 e. The topological polar surface area (TPSA) is 17.8 Å². The molecule has 40 heavy (non-hydrogen) atoms. The lowest BCUT2D eigenvalue weighted by atomic mass is 9.88. The predicted molar refractivity (Wildman–Crippen MR) is 173 cm³/mol. The summed E-state index contributed by atoms with van der Waals surface area (Å²) in [6, 6.07) is 37.4. The predicted octanol–water partition coefficient (Wildman–Crippen LogP) is 11.0. The normalized spacial score (nSPS) is 11.9. The Morgan fingerprint density at radius 1 is 0.650 bits per heavy atom. The molecule has 7 aromatic rings. The van der Waals surface area contributed by atoms with Gasteiger partial charge in [0.25, 0.3) is 0 Å². The molecule has 0 radical (unpaired) electrons. The highest BCUT2D eigenvalue weighted by molar-refractivity contribution is 7.17. The molecule has 0 saturated carbocycles. The van der Waals surface area contributed by atoms with Crippen LogP contribution in [0.25, 0.3) is 60.1 Å². The van der Waals surface area contributed by atoms with E-state index in [1.807, 2.05) is 0 Å². The molecule has 0 N–H and O–H groups in total. The molecule has 0 atom stereocenters. The first-order valence-electron chi connectivity index (χ1n) is 14.1. The van der Waals surface area contributed by atoms with E-state index in [-0.39, 0.29) is 0 Å². The van der Waals surface area contributed by atoms with E-state index >= 15 is 0 Å². The SMILES string of the molecule is CC(C)c1cc(-c2ccccc2)cc(C(C)C)c1-n1c(-c2csc3cc4ccccc4cc23)nc2ccccc21. The fourth-order valence-corrected chi connectivity index (χ4v) is 6.90. The minimum atomic E-state index is 0.341. The molecule has 0 fully saturated rings. The zero-order valence-corrected chi connectivity index (χ0v) is 24.2. The first-order chi connectivity index (χ1) is 19.5. The molecule has 196 valence electrons. The van der Waals surface area contributed by atoms with Gasteiger partial charge in [-0.15, -0.1) is 11.3 Å². The Labute approximate surface area is 239 Å². The van der Waals surface area contributed by atoms with Gasteiger partial charge in [0.1, 0.15) is 5.82 Å². The Kier molecular flexibility index (Phi) is 6.05. The highest BCUT2D eigenvalue weighted by atomic mass is 32.1. The summed E-state index contributed by atoms with van der Waals surface area (Å²) in [5.74, 6) is 1.70. The molecule has 0 unspecified atom stereocenters. The highest BCUT2D eigenvalue weighted by Crippen LogP contribution is 2.43. The summed E-state index contributed by atoms with van der Waals surface area (Å²) < 4.78 is 3.74. The lowest BCUT2D eigenvalue weighted by Gasteiger charge is -2.24. The number of para-hydroxylation sites is 2. The number of hydrogen-bond donors (Lipinski definition) is 0. The lowest BCUT2D eigenvalue weighted by molar-refractivity contribution is 0.812. The third kappa shape index (κ3) is 4.04. The molecule has 0 amide bonds. The standard InChI is InChI=1S/C37H32N2S/c1-23(2)29-19-28(25-12-6-5-7-13-25)20-30(24(3)4)36(29)39-34-17-11-10-16-33(34)38-37(39)32-22-40-35-21-27-15-9-8-14-26(27)18-31(32)35/h5-24H,1-4H3. The molecule has 0 aliphatic rings. The van der Waals surface area contributed by atoms with Gasteiger partial charge in [0, 0.05) is 21.0 Å². The van der Waals surface area contributed by atoms with E-state index in [2.05, 4.69) is 141 Å². The van der Waals surface area contributed by atoms with Crippen LogP contribution in [0.5, 0.6) is 0 Å². The summed E-state index contributed by atoms with van der Waals surface area (Å²) in [4.78, 5) is 5.31.